The molecule has 1 aliphatic rings. The first-order chi connectivity index (χ1) is 11.3. The molecule has 2 aromatic rings. The lowest BCUT2D eigenvalue weighted by Gasteiger charge is -2.24. The largest absolute Gasteiger partial charge is 0.394 e. The number of amides is 1. The van der Waals surface area contributed by atoms with Gasteiger partial charge in [0.25, 0.3) is 5.91 Å². The third-order valence-electron chi connectivity index (χ3n) is 4.27. The second-order valence-corrected chi connectivity index (χ2v) is 6.81. The predicted molar refractivity (Wildman–Crippen MR) is 94.1 cm³/mol. The van der Waals surface area contributed by atoms with E-state index < -0.39 is 0 Å². The van der Waals surface area contributed by atoms with Crippen LogP contribution in [0.2, 0.25) is 0 Å². The van der Waals surface area contributed by atoms with Gasteiger partial charge in [-0.3, -0.25) is 4.79 Å². The van der Waals surface area contributed by atoms with Crippen molar-refractivity contribution < 1.29 is 9.90 Å². The fourth-order valence-corrected chi connectivity index (χ4v) is 3.76. The zero-order valence-corrected chi connectivity index (χ0v) is 13.9. The highest BCUT2D eigenvalue weighted by Gasteiger charge is 2.29. The summed E-state index contributed by atoms with van der Waals surface area (Å²) in [5.74, 6) is 0.0146. The fourth-order valence-electron chi connectivity index (χ4n) is 3.05. The van der Waals surface area contributed by atoms with Crippen molar-refractivity contribution in [3.63, 3.8) is 0 Å². The van der Waals surface area contributed by atoms with Gasteiger partial charge in [-0.2, -0.15) is 0 Å². The normalized spacial score (nSPS) is 17.4. The zero-order chi connectivity index (χ0) is 16.1. The summed E-state index contributed by atoms with van der Waals surface area (Å²) < 4.78 is 0. The van der Waals surface area contributed by atoms with E-state index in [9.17, 15) is 9.90 Å². The summed E-state index contributed by atoms with van der Waals surface area (Å²) in [6, 6.07) is 11.8. The van der Waals surface area contributed by atoms with Gasteiger partial charge < -0.3 is 15.3 Å². The zero-order valence-electron chi connectivity index (χ0n) is 13.1. The molecule has 1 fully saturated rings. The van der Waals surface area contributed by atoms with Crippen molar-refractivity contribution in [2.45, 2.75) is 25.3 Å². The number of nitrogens with one attached hydrogen (secondary N) is 1. The number of hydrogen-bond acceptors (Lipinski definition) is 4. The molecule has 2 heterocycles. The van der Waals surface area contributed by atoms with Crippen molar-refractivity contribution in [3.8, 4) is 0 Å². The number of benzene rings is 1. The van der Waals surface area contributed by atoms with Gasteiger partial charge in [0.1, 0.15) is 0 Å². The van der Waals surface area contributed by atoms with Crippen molar-refractivity contribution in [1.82, 2.24) is 4.90 Å². The smallest absolute Gasteiger partial charge is 0.256 e. The number of hydrogen-bond donors (Lipinski definition) is 2. The average molecular weight is 330 g/mol. The van der Waals surface area contributed by atoms with E-state index in [4.69, 9.17) is 0 Å². The highest BCUT2D eigenvalue weighted by atomic mass is 32.1. The maximum atomic E-state index is 12.8. The number of aliphatic hydroxyl groups is 1. The third kappa shape index (κ3) is 3.74. The lowest BCUT2D eigenvalue weighted by Crippen LogP contribution is -2.38. The van der Waals surface area contributed by atoms with Crippen LogP contribution in [0, 0.1) is 0 Å². The number of carbonyl (C=O) groups is 1. The molecule has 0 saturated carbocycles. The molecular weight excluding hydrogens is 308 g/mol. The first-order valence-electron chi connectivity index (χ1n) is 8.06. The van der Waals surface area contributed by atoms with Crippen molar-refractivity contribution in [2.24, 2.45) is 0 Å². The maximum absolute atomic E-state index is 12.8. The summed E-state index contributed by atoms with van der Waals surface area (Å²) in [5, 5.41) is 14.9. The van der Waals surface area contributed by atoms with Gasteiger partial charge in [0.2, 0.25) is 0 Å². The molecule has 23 heavy (non-hydrogen) atoms. The Bertz CT molecular complexity index is 642. The lowest BCUT2D eigenvalue weighted by atomic mass is 10.1. The van der Waals surface area contributed by atoms with Gasteiger partial charge >= 0.3 is 0 Å². The Hall–Kier alpha value is -1.85. The number of carbonyl (C=O) groups excluding carboxylic acids is 1. The second kappa shape index (κ2) is 7.62. The van der Waals surface area contributed by atoms with Crippen LogP contribution >= 0.6 is 11.3 Å². The second-order valence-electron chi connectivity index (χ2n) is 5.78. The van der Waals surface area contributed by atoms with Gasteiger partial charge in [-0.1, -0.05) is 18.2 Å². The van der Waals surface area contributed by atoms with Crippen LogP contribution in [0.5, 0.6) is 0 Å². The molecule has 122 valence electrons. The highest BCUT2D eigenvalue weighted by molar-refractivity contribution is 7.09. The molecule has 0 spiro atoms. The SMILES string of the molecule is O=C(c1ccccc1NCCc1cccs1)N1CCCC1CO. The van der Waals surface area contributed by atoms with E-state index >= 15 is 0 Å². The Morgan fingerprint density at radius 3 is 2.96 bits per heavy atom. The number of aliphatic hydroxyl groups excluding tert-OH is 1. The molecule has 1 aromatic heterocycles. The number of rotatable bonds is 6. The van der Waals surface area contributed by atoms with Crippen LogP contribution in [-0.2, 0) is 6.42 Å². The molecule has 0 aliphatic carbocycles. The summed E-state index contributed by atoms with van der Waals surface area (Å²) in [5.41, 5.74) is 1.57. The molecule has 1 unspecified atom stereocenters. The van der Waals surface area contributed by atoms with Gasteiger partial charge in [-0.05, 0) is 42.8 Å². The van der Waals surface area contributed by atoms with Crippen LogP contribution in [0.1, 0.15) is 28.1 Å². The molecule has 1 atom stereocenters. The Kier molecular flexibility index (Phi) is 5.31. The van der Waals surface area contributed by atoms with Crippen LogP contribution in [0.3, 0.4) is 0 Å². The molecule has 4 nitrogen and oxygen atoms in total. The molecule has 2 N–H and O–H groups in total. The highest BCUT2D eigenvalue weighted by Crippen LogP contribution is 2.23. The predicted octanol–water partition coefficient (Wildman–Crippen LogP) is 3.00. The Balaban J connectivity index is 1.68. The molecule has 1 saturated heterocycles. The summed E-state index contributed by atoms with van der Waals surface area (Å²) in [6.07, 6.45) is 2.80. The molecule has 0 bridgehead atoms. The van der Waals surface area contributed by atoms with E-state index in [0.717, 1.165) is 38.0 Å². The Morgan fingerprint density at radius 2 is 2.17 bits per heavy atom. The maximum Gasteiger partial charge on any atom is 0.256 e. The van der Waals surface area contributed by atoms with Crippen LogP contribution < -0.4 is 5.32 Å². The van der Waals surface area contributed by atoms with Crippen LogP contribution in [-0.4, -0.2) is 41.7 Å². The van der Waals surface area contributed by atoms with E-state index in [-0.39, 0.29) is 18.6 Å². The van der Waals surface area contributed by atoms with E-state index in [2.05, 4.69) is 22.8 Å². The lowest BCUT2D eigenvalue weighted by molar-refractivity contribution is 0.0678. The molecule has 3 rings (SSSR count). The third-order valence-corrected chi connectivity index (χ3v) is 5.21. The summed E-state index contributed by atoms with van der Waals surface area (Å²) in [7, 11) is 0. The summed E-state index contributed by atoms with van der Waals surface area (Å²) in [6.45, 7) is 1.57. The molecule has 1 aliphatic heterocycles. The Labute approximate surface area is 140 Å². The molecule has 0 radical (unpaired) electrons. The number of likely N-dealkylation sites (tertiary alicyclic amines) is 1. The fraction of sp³-hybridized carbons (Fsp3) is 0.389. The minimum absolute atomic E-state index is 0.0146. The van der Waals surface area contributed by atoms with E-state index in [0.29, 0.717) is 5.56 Å². The van der Waals surface area contributed by atoms with Crippen molar-refractivity contribution in [3.05, 3.63) is 52.2 Å². The topological polar surface area (TPSA) is 52.6 Å². The van der Waals surface area contributed by atoms with Gasteiger partial charge in [0.15, 0.2) is 0 Å². The molecule has 5 heteroatoms. The average Bonchev–Trinajstić information content (AvgIpc) is 3.26. The number of thiophene rings is 1. The van der Waals surface area contributed by atoms with E-state index in [1.54, 1.807) is 16.2 Å². The van der Waals surface area contributed by atoms with E-state index in [1.165, 1.54) is 4.88 Å². The minimum atomic E-state index is -0.0401. The van der Waals surface area contributed by atoms with Crippen LogP contribution in [0.4, 0.5) is 5.69 Å². The quantitative estimate of drug-likeness (QED) is 0.856. The Morgan fingerprint density at radius 1 is 1.30 bits per heavy atom. The number of para-hydroxylation sites is 1. The van der Waals surface area contributed by atoms with Gasteiger partial charge in [0, 0.05) is 23.7 Å². The summed E-state index contributed by atoms with van der Waals surface area (Å²) in [4.78, 5) is 15.9. The van der Waals surface area contributed by atoms with Crippen molar-refractivity contribution in [2.75, 3.05) is 25.0 Å². The summed E-state index contributed by atoms with van der Waals surface area (Å²) >= 11 is 1.75. The van der Waals surface area contributed by atoms with Gasteiger partial charge in [-0.15, -0.1) is 11.3 Å². The first kappa shape index (κ1) is 16.0. The molecular formula is C18H22N2O2S. The van der Waals surface area contributed by atoms with Crippen LogP contribution in [0.15, 0.2) is 41.8 Å². The van der Waals surface area contributed by atoms with Crippen molar-refractivity contribution in [1.29, 1.82) is 0 Å². The van der Waals surface area contributed by atoms with E-state index in [1.807, 2.05) is 24.3 Å². The monoisotopic (exact) mass is 330 g/mol. The van der Waals surface area contributed by atoms with Gasteiger partial charge in [-0.25, -0.2) is 0 Å². The number of anilines is 1. The first-order valence-corrected chi connectivity index (χ1v) is 8.94. The molecule has 1 amide bonds. The van der Waals surface area contributed by atoms with Gasteiger partial charge in [0.05, 0.1) is 18.2 Å². The molecule has 1 aromatic carbocycles. The number of nitrogens with zero attached hydrogens (tertiary/aromatic N) is 1. The van der Waals surface area contributed by atoms with Crippen LogP contribution in [0.25, 0.3) is 0 Å². The van der Waals surface area contributed by atoms with Crippen molar-refractivity contribution >= 4 is 22.9 Å². The standard InChI is InChI=1S/C18H22N2O2S/c21-13-14-5-3-11-20(14)18(22)16-7-1-2-8-17(16)19-10-9-15-6-4-12-23-15/h1-2,4,6-8,12,14,19,21H,3,5,9-11,13H2. The minimum Gasteiger partial charge on any atom is -0.394 e.